The van der Waals surface area contributed by atoms with Crippen molar-refractivity contribution in [2.75, 3.05) is 63.8 Å². The van der Waals surface area contributed by atoms with Crippen molar-refractivity contribution in [2.24, 2.45) is 4.99 Å². The second kappa shape index (κ2) is 12.9. The second-order valence-electron chi connectivity index (χ2n) is 8.66. The number of nitrogens with zero attached hydrogens (tertiary/aromatic N) is 5. The van der Waals surface area contributed by atoms with E-state index in [9.17, 15) is 0 Å². The molecule has 0 saturated carbocycles. The normalized spacial score (nSPS) is 21.3. The highest BCUT2D eigenvalue weighted by Crippen LogP contribution is 2.18. The molecule has 0 aromatic carbocycles. The first-order chi connectivity index (χ1) is 15.2. The topological polar surface area (TPSA) is 59.0 Å². The smallest absolute Gasteiger partial charge is 0.191 e. The van der Waals surface area contributed by atoms with Gasteiger partial charge in [0.25, 0.3) is 0 Å². The number of piperidine rings is 1. The van der Waals surface area contributed by atoms with Crippen molar-refractivity contribution < 1.29 is 0 Å². The molecule has 7 nitrogen and oxygen atoms in total. The van der Waals surface area contributed by atoms with Crippen molar-refractivity contribution in [3.05, 3.63) is 23.9 Å². The van der Waals surface area contributed by atoms with E-state index < -0.39 is 0 Å². The molecule has 2 saturated heterocycles. The molecule has 1 aromatic heterocycles. The number of hydrogen-bond acceptors (Lipinski definition) is 5. The van der Waals surface area contributed by atoms with Gasteiger partial charge < -0.3 is 20.4 Å². The molecule has 0 aliphatic carbocycles. The molecule has 0 radical (unpaired) electrons. The lowest BCUT2D eigenvalue weighted by Gasteiger charge is -2.35. The van der Waals surface area contributed by atoms with Crippen molar-refractivity contribution >= 4 is 11.8 Å². The molecule has 7 heteroatoms. The van der Waals surface area contributed by atoms with Crippen molar-refractivity contribution in [3.63, 3.8) is 0 Å². The summed E-state index contributed by atoms with van der Waals surface area (Å²) in [4.78, 5) is 17.0. The summed E-state index contributed by atoms with van der Waals surface area (Å²) in [6.07, 6.45) is 7.25. The number of likely N-dealkylation sites (tertiary alicyclic amines) is 1. The van der Waals surface area contributed by atoms with Gasteiger partial charge in [0.05, 0.1) is 6.54 Å². The summed E-state index contributed by atoms with van der Waals surface area (Å²) in [5.74, 6) is 1.99. The lowest BCUT2D eigenvalue weighted by molar-refractivity contribution is 0.147. The molecular weight excluding hydrogens is 386 g/mol. The summed E-state index contributed by atoms with van der Waals surface area (Å²) in [6.45, 7) is 16.9. The van der Waals surface area contributed by atoms with Gasteiger partial charge >= 0.3 is 0 Å². The molecular formula is C24H43N7. The van der Waals surface area contributed by atoms with E-state index in [0.717, 1.165) is 70.2 Å². The summed E-state index contributed by atoms with van der Waals surface area (Å²) in [5, 5.41) is 6.93. The molecule has 0 spiro atoms. The van der Waals surface area contributed by atoms with Gasteiger partial charge in [-0.25, -0.2) is 9.98 Å². The van der Waals surface area contributed by atoms with Crippen LogP contribution in [0.3, 0.4) is 0 Å². The van der Waals surface area contributed by atoms with E-state index >= 15 is 0 Å². The van der Waals surface area contributed by atoms with Crippen LogP contribution in [0.4, 0.5) is 5.82 Å². The van der Waals surface area contributed by atoms with Gasteiger partial charge in [0.2, 0.25) is 0 Å². The van der Waals surface area contributed by atoms with E-state index in [1.807, 2.05) is 6.20 Å². The van der Waals surface area contributed by atoms with E-state index in [1.54, 1.807) is 0 Å². The highest BCUT2D eigenvalue weighted by atomic mass is 15.3. The number of nitrogens with one attached hydrogen (secondary N) is 2. The lowest BCUT2D eigenvalue weighted by Crippen LogP contribution is -2.46. The number of piperazine rings is 1. The minimum atomic E-state index is 0.668. The third kappa shape index (κ3) is 7.35. The maximum atomic E-state index is 4.84. The minimum absolute atomic E-state index is 0.668. The number of aliphatic imine (C=N–C) groups is 1. The number of aromatic nitrogens is 1. The summed E-state index contributed by atoms with van der Waals surface area (Å²) in [5.41, 5.74) is 1.21. The van der Waals surface area contributed by atoms with Crippen LogP contribution in [0.1, 0.15) is 52.0 Å². The summed E-state index contributed by atoms with van der Waals surface area (Å²) in [6, 6.07) is 5.04. The molecule has 3 heterocycles. The SMILES string of the molecule is CCNC(=NCc1ccnc(N2CCN(CC)CC2)c1)NCCN1CCCCC1CC. The van der Waals surface area contributed by atoms with Gasteiger partial charge in [0, 0.05) is 58.1 Å². The van der Waals surface area contributed by atoms with Crippen LogP contribution in [0, 0.1) is 0 Å². The third-order valence-corrected chi connectivity index (χ3v) is 6.63. The molecule has 2 aliphatic heterocycles. The molecule has 1 aromatic rings. The maximum absolute atomic E-state index is 4.84. The second-order valence-corrected chi connectivity index (χ2v) is 8.66. The van der Waals surface area contributed by atoms with Crippen LogP contribution in [-0.2, 0) is 6.54 Å². The fourth-order valence-corrected chi connectivity index (χ4v) is 4.67. The van der Waals surface area contributed by atoms with Gasteiger partial charge in [-0.05, 0) is 57.0 Å². The first-order valence-electron chi connectivity index (χ1n) is 12.4. The van der Waals surface area contributed by atoms with E-state index in [2.05, 4.69) is 63.2 Å². The molecule has 31 heavy (non-hydrogen) atoms. The zero-order valence-electron chi connectivity index (χ0n) is 19.9. The predicted octanol–water partition coefficient (Wildman–Crippen LogP) is 2.54. The Balaban J connectivity index is 1.51. The Morgan fingerprint density at radius 3 is 2.68 bits per heavy atom. The Morgan fingerprint density at radius 2 is 1.94 bits per heavy atom. The van der Waals surface area contributed by atoms with Gasteiger partial charge in [-0.15, -0.1) is 0 Å². The summed E-state index contributed by atoms with van der Waals surface area (Å²) >= 11 is 0. The quantitative estimate of drug-likeness (QED) is 0.465. The molecule has 174 valence electrons. The Bertz CT molecular complexity index is 670. The number of guanidine groups is 1. The molecule has 2 N–H and O–H groups in total. The number of rotatable bonds is 9. The zero-order valence-corrected chi connectivity index (χ0v) is 19.9. The Morgan fingerprint density at radius 1 is 1.10 bits per heavy atom. The van der Waals surface area contributed by atoms with Crippen LogP contribution in [0.15, 0.2) is 23.3 Å². The zero-order chi connectivity index (χ0) is 21.9. The lowest BCUT2D eigenvalue weighted by atomic mass is 10.0. The monoisotopic (exact) mass is 429 g/mol. The first kappa shape index (κ1) is 23.8. The van der Waals surface area contributed by atoms with E-state index in [0.29, 0.717) is 6.54 Å². The molecule has 0 bridgehead atoms. The average Bonchev–Trinajstić information content (AvgIpc) is 2.83. The predicted molar refractivity (Wildman–Crippen MR) is 131 cm³/mol. The van der Waals surface area contributed by atoms with Gasteiger partial charge in [-0.1, -0.05) is 20.3 Å². The van der Waals surface area contributed by atoms with Crippen LogP contribution in [0.25, 0.3) is 0 Å². The summed E-state index contributed by atoms with van der Waals surface area (Å²) < 4.78 is 0. The van der Waals surface area contributed by atoms with Gasteiger partial charge in [0.1, 0.15) is 5.82 Å². The number of pyridine rings is 1. The Kier molecular flexibility index (Phi) is 9.87. The maximum Gasteiger partial charge on any atom is 0.191 e. The van der Waals surface area contributed by atoms with Gasteiger partial charge in [-0.3, -0.25) is 4.90 Å². The standard InChI is InChI=1S/C24H43N7/c1-4-22-9-7-8-13-30(22)14-12-27-24(25-5-2)28-20-21-10-11-26-23(19-21)31-17-15-29(6-3)16-18-31/h10-11,19,22H,4-9,12-18,20H2,1-3H3,(H2,25,27,28). The number of hydrogen-bond donors (Lipinski definition) is 2. The van der Waals surface area contributed by atoms with Crippen molar-refractivity contribution in [1.29, 1.82) is 0 Å². The fraction of sp³-hybridized carbons (Fsp3) is 0.750. The summed E-state index contributed by atoms with van der Waals surface area (Å²) in [7, 11) is 0. The highest BCUT2D eigenvalue weighted by molar-refractivity contribution is 5.79. The van der Waals surface area contributed by atoms with Crippen LogP contribution < -0.4 is 15.5 Å². The Hall–Kier alpha value is -1.86. The molecule has 2 fully saturated rings. The number of likely N-dealkylation sites (N-methyl/N-ethyl adjacent to an activating group) is 1. The van der Waals surface area contributed by atoms with Crippen molar-refractivity contribution in [2.45, 2.75) is 59.0 Å². The molecule has 0 amide bonds. The van der Waals surface area contributed by atoms with Crippen LogP contribution in [0.2, 0.25) is 0 Å². The van der Waals surface area contributed by atoms with Crippen molar-refractivity contribution in [1.82, 2.24) is 25.4 Å². The van der Waals surface area contributed by atoms with E-state index in [4.69, 9.17) is 4.99 Å². The average molecular weight is 430 g/mol. The molecule has 1 atom stereocenters. The highest BCUT2D eigenvalue weighted by Gasteiger charge is 2.20. The minimum Gasteiger partial charge on any atom is -0.357 e. The third-order valence-electron chi connectivity index (χ3n) is 6.63. The van der Waals surface area contributed by atoms with Crippen LogP contribution in [0.5, 0.6) is 0 Å². The number of anilines is 1. The largest absolute Gasteiger partial charge is 0.357 e. The van der Waals surface area contributed by atoms with E-state index in [1.165, 1.54) is 37.8 Å². The first-order valence-corrected chi connectivity index (χ1v) is 12.4. The van der Waals surface area contributed by atoms with Gasteiger partial charge in [-0.2, -0.15) is 0 Å². The van der Waals surface area contributed by atoms with Crippen LogP contribution >= 0.6 is 0 Å². The van der Waals surface area contributed by atoms with E-state index in [-0.39, 0.29) is 0 Å². The van der Waals surface area contributed by atoms with Gasteiger partial charge in [0.15, 0.2) is 5.96 Å². The fourth-order valence-electron chi connectivity index (χ4n) is 4.67. The Labute approximate surface area is 189 Å². The van der Waals surface area contributed by atoms with Crippen LogP contribution in [-0.4, -0.2) is 85.7 Å². The molecule has 1 unspecified atom stereocenters. The molecule has 2 aliphatic rings. The molecule has 3 rings (SSSR count). The van der Waals surface area contributed by atoms with Crippen molar-refractivity contribution in [3.8, 4) is 0 Å².